The van der Waals surface area contributed by atoms with Crippen molar-refractivity contribution in [2.75, 3.05) is 18.4 Å². The highest BCUT2D eigenvalue weighted by Gasteiger charge is 2.19. The Morgan fingerprint density at radius 1 is 0.914 bits per heavy atom. The number of rotatable bonds is 11. The Morgan fingerprint density at radius 3 is 2.37 bits per heavy atom. The van der Waals surface area contributed by atoms with Gasteiger partial charge in [0.05, 0.1) is 6.54 Å². The van der Waals surface area contributed by atoms with E-state index in [4.69, 9.17) is 0 Å². The number of hydrogen-bond acceptors (Lipinski definition) is 4. The van der Waals surface area contributed by atoms with Gasteiger partial charge in [-0.1, -0.05) is 42.5 Å². The average Bonchev–Trinajstić information content (AvgIpc) is 2.84. The fourth-order valence-electron chi connectivity index (χ4n) is 3.45. The first kappa shape index (κ1) is 25.6. The number of anilines is 1. The molecule has 2 aromatic carbocycles. The lowest BCUT2D eigenvalue weighted by Crippen LogP contribution is -2.41. The fraction of sp³-hybridized carbons (Fsp3) is 0.259. The maximum atomic E-state index is 13.3. The molecule has 0 fully saturated rings. The first-order valence-electron chi connectivity index (χ1n) is 11.4. The van der Waals surface area contributed by atoms with E-state index in [2.05, 4.69) is 15.6 Å². The molecule has 0 unspecified atom stereocenters. The summed E-state index contributed by atoms with van der Waals surface area (Å²) in [6.07, 6.45) is 2.14. The number of carbonyl (C=O) groups excluding carboxylic acids is 3. The summed E-state index contributed by atoms with van der Waals surface area (Å²) in [6.45, 7) is 2.30. The van der Waals surface area contributed by atoms with Crippen molar-refractivity contribution >= 4 is 23.5 Å². The standard InChI is InChI=1S/C27H29FN4O3/c1-20-13-15-29-24(17-20)31-25(33)11-12-27(35)32(18-22-7-9-23(28)10-8-22)19-26(34)30-16-14-21-5-3-2-4-6-21/h2-10,13,15,17H,11-12,14,16,18-19H2,1H3,(H,30,34)(H,29,31,33). The summed E-state index contributed by atoms with van der Waals surface area (Å²) >= 11 is 0. The third-order valence-electron chi connectivity index (χ3n) is 5.30. The number of amides is 3. The summed E-state index contributed by atoms with van der Waals surface area (Å²) in [5, 5.41) is 5.51. The van der Waals surface area contributed by atoms with Crippen molar-refractivity contribution in [3.63, 3.8) is 0 Å². The predicted octanol–water partition coefficient (Wildman–Crippen LogP) is 3.64. The minimum Gasteiger partial charge on any atom is -0.354 e. The molecule has 0 aliphatic heterocycles. The van der Waals surface area contributed by atoms with Crippen molar-refractivity contribution in [3.8, 4) is 0 Å². The van der Waals surface area contributed by atoms with E-state index in [0.29, 0.717) is 24.3 Å². The molecular weight excluding hydrogens is 447 g/mol. The molecule has 3 rings (SSSR count). The van der Waals surface area contributed by atoms with Crippen molar-refractivity contribution in [2.45, 2.75) is 32.7 Å². The smallest absolute Gasteiger partial charge is 0.239 e. The zero-order valence-corrected chi connectivity index (χ0v) is 19.7. The maximum Gasteiger partial charge on any atom is 0.239 e. The normalized spacial score (nSPS) is 10.5. The topological polar surface area (TPSA) is 91.4 Å². The van der Waals surface area contributed by atoms with Gasteiger partial charge < -0.3 is 15.5 Å². The van der Waals surface area contributed by atoms with Crippen molar-refractivity contribution in [1.29, 1.82) is 0 Å². The Labute approximate surface area is 204 Å². The number of benzene rings is 2. The molecule has 0 aliphatic carbocycles. The number of aryl methyl sites for hydroxylation is 1. The molecule has 0 radical (unpaired) electrons. The number of carbonyl (C=O) groups is 3. The molecule has 1 aromatic heterocycles. The molecule has 0 spiro atoms. The number of nitrogens with one attached hydrogen (secondary N) is 2. The molecule has 0 aliphatic rings. The van der Waals surface area contributed by atoms with Crippen LogP contribution < -0.4 is 10.6 Å². The summed E-state index contributed by atoms with van der Waals surface area (Å²) in [5.41, 5.74) is 2.74. The molecule has 2 N–H and O–H groups in total. The largest absolute Gasteiger partial charge is 0.354 e. The van der Waals surface area contributed by atoms with Gasteiger partial charge in [-0.2, -0.15) is 0 Å². The second-order valence-electron chi connectivity index (χ2n) is 8.23. The first-order chi connectivity index (χ1) is 16.9. The van der Waals surface area contributed by atoms with Crippen LogP contribution in [0.5, 0.6) is 0 Å². The van der Waals surface area contributed by atoms with Gasteiger partial charge >= 0.3 is 0 Å². The molecule has 3 aromatic rings. The van der Waals surface area contributed by atoms with Crippen molar-refractivity contribution in [1.82, 2.24) is 15.2 Å². The number of aromatic nitrogens is 1. The summed E-state index contributed by atoms with van der Waals surface area (Å²) in [5.74, 6) is -0.953. The molecule has 182 valence electrons. The van der Waals surface area contributed by atoms with E-state index >= 15 is 0 Å². The van der Waals surface area contributed by atoms with Crippen molar-refractivity contribution in [3.05, 3.63) is 95.4 Å². The van der Waals surface area contributed by atoms with E-state index in [9.17, 15) is 18.8 Å². The quantitative estimate of drug-likeness (QED) is 0.442. The van der Waals surface area contributed by atoms with Gasteiger partial charge in [0.2, 0.25) is 17.7 Å². The zero-order valence-electron chi connectivity index (χ0n) is 19.7. The number of pyridine rings is 1. The van der Waals surface area contributed by atoms with Gasteiger partial charge in [0.1, 0.15) is 11.6 Å². The molecule has 1 heterocycles. The highest BCUT2D eigenvalue weighted by Crippen LogP contribution is 2.11. The van der Waals surface area contributed by atoms with Gasteiger partial charge in [0.15, 0.2) is 0 Å². The minimum atomic E-state index is -0.383. The van der Waals surface area contributed by atoms with Crippen LogP contribution in [-0.4, -0.2) is 40.7 Å². The van der Waals surface area contributed by atoms with Gasteiger partial charge in [0, 0.05) is 32.1 Å². The summed E-state index contributed by atoms with van der Waals surface area (Å²) in [7, 11) is 0. The lowest BCUT2D eigenvalue weighted by Gasteiger charge is -2.22. The molecular formula is C27H29FN4O3. The SMILES string of the molecule is Cc1ccnc(NC(=O)CCC(=O)N(CC(=O)NCCc2ccccc2)Cc2ccc(F)cc2)c1. The lowest BCUT2D eigenvalue weighted by atomic mass is 10.1. The Kier molecular flexibility index (Phi) is 9.48. The van der Waals surface area contributed by atoms with E-state index < -0.39 is 0 Å². The molecule has 3 amide bonds. The van der Waals surface area contributed by atoms with Gasteiger partial charge in [0.25, 0.3) is 0 Å². The fourth-order valence-corrected chi connectivity index (χ4v) is 3.45. The van der Waals surface area contributed by atoms with Crippen molar-refractivity contribution < 1.29 is 18.8 Å². The zero-order chi connectivity index (χ0) is 25.0. The van der Waals surface area contributed by atoms with Gasteiger partial charge in [-0.15, -0.1) is 0 Å². The monoisotopic (exact) mass is 476 g/mol. The third-order valence-corrected chi connectivity index (χ3v) is 5.30. The van der Waals surface area contributed by atoms with Crippen LogP contribution in [0, 0.1) is 12.7 Å². The molecule has 0 saturated carbocycles. The van der Waals surface area contributed by atoms with Crippen molar-refractivity contribution in [2.24, 2.45) is 0 Å². The van der Waals surface area contributed by atoms with Crippen LogP contribution in [0.4, 0.5) is 10.2 Å². The van der Waals surface area contributed by atoms with E-state index in [-0.39, 0.29) is 49.5 Å². The molecule has 35 heavy (non-hydrogen) atoms. The van der Waals surface area contributed by atoms with E-state index in [1.807, 2.05) is 43.3 Å². The Hall–Kier alpha value is -4.07. The Balaban J connectivity index is 1.56. The third kappa shape index (κ3) is 9.00. The average molecular weight is 477 g/mol. The maximum absolute atomic E-state index is 13.3. The van der Waals surface area contributed by atoms with Gasteiger partial charge in [-0.25, -0.2) is 9.37 Å². The first-order valence-corrected chi connectivity index (χ1v) is 11.4. The molecule has 0 atom stereocenters. The van der Waals surface area contributed by atoms with Crippen LogP contribution in [0.1, 0.15) is 29.5 Å². The summed E-state index contributed by atoms with van der Waals surface area (Å²) in [6, 6.07) is 19.1. The lowest BCUT2D eigenvalue weighted by molar-refractivity contribution is -0.137. The van der Waals surface area contributed by atoms with Crippen LogP contribution in [0.15, 0.2) is 72.9 Å². The van der Waals surface area contributed by atoms with Crippen LogP contribution in [-0.2, 0) is 27.3 Å². The summed E-state index contributed by atoms with van der Waals surface area (Å²) in [4.78, 5) is 43.2. The number of hydrogen-bond donors (Lipinski definition) is 2. The highest BCUT2D eigenvalue weighted by molar-refractivity contribution is 5.93. The molecule has 7 nitrogen and oxygen atoms in total. The highest BCUT2D eigenvalue weighted by atomic mass is 19.1. The minimum absolute atomic E-state index is 0.0516. The predicted molar refractivity (Wildman–Crippen MR) is 132 cm³/mol. The Morgan fingerprint density at radius 2 is 1.66 bits per heavy atom. The number of nitrogens with zero attached hydrogens (tertiary/aromatic N) is 2. The second kappa shape index (κ2) is 13.0. The molecule has 0 saturated heterocycles. The van der Waals surface area contributed by atoms with E-state index in [0.717, 1.165) is 11.1 Å². The van der Waals surface area contributed by atoms with Crippen LogP contribution >= 0.6 is 0 Å². The Bertz CT molecular complexity index is 1140. The summed E-state index contributed by atoms with van der Waals surface area (Å²) < 4.78 is 13.3. The van der Waals surface area contributed by atoms with E-state index in [1.54, 1.807) is 24.4 Å². The molecule has 0 bridgehead atoms. The second-order valence-corrected chi connectivity index (χ2v) is 8.23. The van der Waals surface area contributed by atoms with Crippen LogP contribution in [0.3, 0.4) is 0 Å². The molecule has 8 heteroatoms. The van der Waals surface area contributed by atoms with E-state index in [1.165, 1.54) is 17.0 Å². The van der Waals surface area contributed by atoms with Crippen LogP contribution in [0.2, 0.25) is 0 Å². The number of halogens is 1. The van der Waals surface area contributed by atoms with Crippen LogP contribution in [0.25, 0.3) is 0 Å². The van der Waals surface area contributed by atoms with Gasteiger partial charge in [-0.3, -0.25) is 14.4 Å². The van der Waals surface area contributed by atoms with Gasteiger partial charge in [-0.05, 0) is 54.3 Å².